The molecule has 4 nitrogen and oxygen atoms in total. The second kappa shape index (κ2) is 4.49. The minimum atomic E-state index is -0.709. The summed E-state index contributed by atoms with van der Waals surface area (Å²) in [6, 6.07) is 0.0376. The van der Waals surface area contributed by atoms with E-state index in [2.05, 4.69) is 4.90 Å². The highest BCUT2D eigenvalue weighted by atomic mass is 16.4. The van der Waals surface area contributed by atoms with Crippen molar-refractivity contribution in [2.75, 3.05) is 13.1 Å². The minimum Gasteiger partial charge on any atom is -0.481 e. The fourth-order valence-corrected chi connectivity index (χ4v) is 3.01. The molecule has 2 aliphatic rings. The number of fused-ring (bicyclic) bond motifs is 1. The number of hydrogen-bond acceptors (Lipinski definition) is 3. The summed E-state index contributed by atoms with van der Waals surface area (Å²) in [6.45, 7) is 2.04. The number of piperidine rings is 1. The standard InChI is InChI=1S/C11H20N2O2/c12-8-5-7-13-6-3-1-2-4-9(13)10(8)11(14)15/h8-10H,1-7,12H2,(H,14,15). The number of carboxylic acid groups (broad SMARTS) is 1. The number of carbonyl (C=O) groups is 1. The van der Waals surface area contributed by atoms with Gasteiger partial charge in [0.15, 0.2) is 0 Å². The van der Waals surface area contributed by atoms with Crippen molar-refractivity contribution in [2.24, 2.45) is 11.7 Å². The molecule has 2 saturated heterocycles. The Morgan fingerprint density at radius 1 is 1.20 bits per heavy atom. The van der Waals surface area contributed by atoms with Gasteiger partial charge in [-0.2, -0.15) is 0 Å². The van der Waals surface area contributed by atoms with Crippen molar-refractivity contribution < 1.29 is 9.90 Å². The highest BCUT2D eigenvalue weighted by molar-refractivity contribution is 5.72. The maximum atomic E-state index is 11.2. The van der Waals surface area contributed by atoms with Crippen LogP contribution in [-0.2, 0) is 4.79 Å². The average molecular weight is 212 g/mol. The van der Waals surface area contributed by atoms with Crippen LogP contribution in [-0.4, -0.2) is 41.1 Å². The van der Waals surface area contributed by atoms with Crippen LogP contribution in [0.1, 0.15) is 32.1 Å². The summed E-state index contributed by atoms with van der Waals surface area (Å²) in [5.41, 5.74) is 5.93. The van der Waals surface area contributed by atoms with Gasteiger partial charge in [-0.25, -0.2) is 0 Å². The molecule has 0 radical (unpaired) electrons. The zero-order valence-corrected chi connectivity index (χ0v) is 9.06. The second-order valence-electron chi connectivity index (χ2n) is 4.77. The summed E-state index contributed by atoms with van der Waals surface area (Å²) in [5.74, 6) is -1.06. The van der Waals surface area contributed by atoms with Crippen LogP contribution in [0, 0.1) is 5.92 Å². The van der Waals surface area contributed by atoms with E-state index in [1.54, 1.807) is 0 Å². The molecule has 0 bridgehead atoms. The summed E-state index contributed by atoms with van der Waals surface area (Å²) < 4.78 is 0. The number of aliphatic carboxylic acids is 1. The average Bonchev–Trinajstić information content (AvgIpc) is 2.41. The molecule has 0 aromatic carbocycles. The molecule has 4 heteroatoms. The lowest BCUT2D eigenvalue weighted by atomic mass is 9.83. The number of carboxylic acids is 1. The molecule has 86 valence electrons. The fraction of sp³-hybridized carbons (Fsp3) is 0.909. The van der Waals surface area contributed by atoms with E-state index in [0.717, 1.165) is 32.4 Å². The zero-order valence-electron chi connectivity index (χ0n) is 9.06. The third-order valence-electron chi connectivity index (χ3n) is 3.82. The Morgan fingerprint density at radius 2 is 2.00 bits per heavy atom. The lowest BCUT2D eigenvalue weighted by molar-refractivity contribution is -0.147. The van der Waals surface area contributed by atoms with E-state index in [-0.39, 0.29) is 18.0 Å². The van der Waals surface area contributed by atoms with Crippen molar-refractivity contribution in [3.05, 3.63) is 0 Å². The summed E-state index contributed by atoms with van der Waals surface area (Å²) in [7, 11) is 0. The molecule has 2 fully saturated rings. The molecule has 3 unspecified atom stereocenters. The molecule has 3 atom stereocenters. The van der Waals surface area contributed by atoms with E-state index in [4.69, 9.17) is 5.73 Å². The van der Waals surface area contributed by atoms with Crippen LogP contribution in [0.4, 0.5) is 0 Å². The quantitative estimate of drug-likeness (QED) is 0.670. The Labute approximate surface area is 90.4 Å². The van der Waals surface area contributed by atoms with Crippen molar-refractivity contribution in [3.63, 3.8) is 0 Å². The third-order valence-corrected chi connectivity index (χ3v) is 3.82. The van der Waals surface area contributed by atoms with Crippen LogP contribution < -0.4 is 5.73 Å². The lowest BCUT2D eigenvalue weighted by Crippen LogP contribution is -2.56. The van der Waals surface area contributed by atoms with Gasteiger partial charge in [0.1, 0.15) is 0 Å². The molecule has 0 aromatic heterocycles. The maximum absolute atomic E-state index is 11.2. The maximum Gasteiger partial charge on any atom is 0.309 e. The molecule has 2 rings (SSSR count). The molecule has 0 amide bonds. The molecule has 0 aliphatic carbocycles. The van der Waals surface area contributed by atoms with E-state index in [1.807, 2.05) is 0 Å². The van der Waals surface area contributed by atoms with Crippen LogP contribution in [0.5, 0.6) is 0 Å². The third kappa shape index (κ3) is 2.16. The zero-order chi connectivity index (χ0) is 10.8. The first kappa shape index (κ1) is 10.9. The van der Waals surface area contributed by atoms with Gasteiger partial charge >= 0.3 is 5.97 Å². The number of rotatable bonds is 1. The molecule has 2 heterocycles. The fourth-order valence-electron chi connectivity index (χ4n) is 3.01. The largest absolute Gasteiger partial charge is 0.481 e. The number of hydrogen-bond donors (Lipinski definition) is 2. The van der Waals surface area contributed by atoms with Crippen LogP contribution >= 0.6 is 0 Å². The van der Waals surface area contributed by atoms with Crippen LogP contribution in [0.2, 0.25) is 0 Å². The minimum absolute atomic E-state index is 0.151. The summed E-state index contributed by atoms with van der Waals surface area (Å²) in [5, 5.41) is 9.23. The van der Waals surface area contributed by atoms with Gasteiger partial charge in [-0.3, -0.25) is 9.69 Å². The molecule has 0 spiro atoms. The van der Waals surface area contributed by atoms with E-state index in [9.17, 15) is 9.90 Å². The van der Waals surface area contributed by atoms with E-state index >= 15 is 0 Å². The molecule has 2 aliphatic heterocycles. The lowest BCUT2D eigenvalue weighted by Gasteiger charge is -2.41. The first-order valence-electron chi connectivity index (χ1n) is 5.92. The van der Waals surface area contributed by atoms with Crippen molar-refractivity contribution in [1.82, 2.24) is 4.90 Å². The molecule has 15 heavy (non-hydrogen) atoms. The van der Waals surface area contributed by atoms with Crippen molar-refractivity contribution in [2.45, 2.75) is 44.2 Å². The van der Waals surface area contributed by atoms with E-state index in [0.29, 0.717) is 0 Å². The highest BCUT2D eigenvalue weighted by Crippen LogP contribution is 2.29. The Bertz CT molecular complexity index is 245. The van der Waals surface area contributed by atoms with Gasteiger partial charge < -0.3 is 10.8 Å². The first-order chi connectivity index (χ1) is 7.20. The van der Waals surface area contributed by atoms with Crippen molar-refractivity contribution in [1.29, 1.82) is 0 Å². The number of nitrogens with zero attached hydrogens (tertiary/aromatic N) is 1. The monoisotopic (exact) mass is 212 g/mol. The summed E-state index contributed by atoms with van der Waals surface area (Å²) in [6.07, 6.45) is 5.42. The van der Waals surface area contributed by atoms with Gasteiger partial charge in [-0.15, -0.1) is 0 Å². The van der Waals surface area contributed by atoms with Crippen molar-refractivity contribution >= 4 is 5.97 Å². The normalized spacial score (nSPS) is 38.1. The van der Waals surface area contributed by atoms with Gasteiger partial charge in [0.2, 0.25) is 0 Å². The molecular formula is C11H20N2O2. The van der Waals surface area contributed by atoms with E-state index < -0.39 is 5.97 Å². The molecule has 0 aromatic rings. The SMILES string of the molecule is NC1CCN2CCCCCC2C1C(=O)O. The van der Waals surface area contributed by atoms with Crippen LogP contribution in [0.3, 0.4) is 0 Å². The predicted octanol–water partition coefficient (Wildman–Crippen LogP) is 0.663. The smallest absolute Gasteiger partial charge is 0.309 e. The second-order valence-corrected chi connectivity index (χ2v) is 4.77. The van der Waals surface area contributed by atoms with Gasteiger partial charge in [0, 0.05) is 12.1 Å². The van der Waals surface area contributed by atoms with Crippen LogP contribution in [0.25, 0.3) is 0 Å². The Hall–Kier alpha value is -0.610. The Balaban J connectivity index is 2.14. The number of nitrogens with two attached hydrogens (primary N) is 1. The van der Waals surface area contributed by atoms with Gasteiger partial charge in [-0.1, -0.05) is 12.8 Å². The van der Waals surface area contributed by atoms with Gasteiger partial charge in [0.05, 0.1) is 5.92 Å². The molecular weight excluding hydrogens is 192 g/mol. The highest BCUT2D eigenvalue weighted by Gasteiger charge is 2.40. The van der Waals surface area contributed by atoms with Gasteiger partial charge in [0.25, 0.3) is 0 Å². The molecule has 0 saturated carbocycles. The topological polar surface area (TPSA) is 66.6 Å². The van der Waals surface area contributed by atoms with Crippen LogP contribution in [0.15, 0.2) is 0 Å². The van der Waals surface area contributed by atoms with Crippen molar-refractivity contribution in [3.8, 4) is 0 Å². The van der Waals surface area contributed by atoms with Gasteiger partial charge in [-0.05, 0) is 32.4 Å². The summed E-state index contributed by atoms with van der Waals surface area (Å²) >= 11 is 0. The van der Waals surface area contributed by atoms with E-state index in [1.165, 1.54) is 12.8 Å². The predicted molar refractivity (Wildman–Crippen MR) is 57.5 cm³/mol. The summed E-state index contributed by atoms with van der Waals surface area (Å²) in [4.78, 5) is 13.6. The first-order valence-corrected chi connectivity index (χ1v) is 5.92. The Kier molecular flexibility index (Phi) is 3.26. The molecule has 3 N–H and O–H groups in total. The Morgan fingerprint density at radius 3 is 2.73 bits per heavy atom.